The van der Waals surface area contributed by atoms with Crippen LogP contribution in [0.25, 0.3) is 77.1 Å². The van der Waals surface area contributed by atoms with Crippen LogP contribution in [0.2, 0.25) is 0 Å². The Bertz CT molecular complexity index is 2200. The van der Waals surface area contributed by atoms with Crippen LogP contribution in [0.3, 0.4) is 0 Å². The molecule has 0 amide bonds. The van der Waals surface area contributed by atoms with Crippen LogP contribution >= 0.6 is 0 Å². The van der Waals surface area contributed by atoms with E-state index in [1.165, 1.54) is 22.3 Å². The first kappa shape index (κ1) is 22.6. The average Bonchev–Trinajstić information content (AvgIpc) is 3.03. The van der Waals surface area contributed by atoms with E-state index in [1.807, 2.05) is 18.3 Å². The van der Waals surface area contributed by atoms with Gasteiger partial charge in [-0.1, -0.05) is 103 Å². The minimum absolute atomic E-state index is 0.920. The average molecular weight is 510 g/mol. The Balaban J connectivity index is 1.28. The van der Waals surface area contributed by atoms with Gasteiger partial charge in [0.15, 0.2) is 0 Å². The second kappa shape index (κ2) is 9.11. The molecule has 0 fully saturated rings. The number of fused-ring (bicyclic) bond motifs is 5. The molecule has 0 aliphatic carbocycles. The molecule has 40 heavy (non-hydrogen) atoms. The van der Waals surface area contributed by atoms with Crippen molar-refractivity contribution in [3.05, 3.63) is 140 Å². The Hall–Kier alpha value is -5.41. The van der Waals surface area contributed by atoms with E-state index < -0.39 is 0 Å². The molecule has 5 aromatic carbocycles. The largest absolute Gasteiger partial charge is 0.256 e. The third-order valence-corrected chi connectivity index (χ3v) is 7.69. The fraction of sp³-hybridized carbons (Fsp3) is 0. The van der Waals surface area contributed by atoms with Gasteiger partial charge in [0.2, 0.25) is 0 Å². The molecule has 0 N–H and O–H groups in total. The molecule has 3 aromatic heterocycles. The molecule has 3 heteroatoms. The molecular formula is C37H23N3. The summed E-state index contributed by atoms with van der Waals surface area (Å²) in [6.45, 7) is 0. The Morgan fingerprint density at radius 3 is 2.08 bits per heavy atom. The Morgan fingerprint density at radius 1 is 0.400 bits per heavy atom. The van der Waals surface area contributed by atoms with Gasteiger partial charge in [0.1, 0.15) is 0 Å². The van der Waals surface area contributed by atoms with Crippen molar-refractivity contribution in [2.45, 2.75) is 0 Å². The quantitative estimate of drug-likeness (QED) is 0.176. The lowest BCUT2D eigenvalue weighted by molar-refractivity contribution is 1.39. The number of rotatable bonds is 3. The van der Waals surface area contributed by atoms with Crippen molar-refractivity contribution in [1.82, 2.24) is 15.0 Å². The highest BCUT2D eigenvalue weighted by atomic mass is 14.8. The smallest absolute Gasteiger partial charge is 0.0978 e. The second-order valence-corrected chi connectivity index (χ2v) is 10.1. The van der Waals surface area contributed by atoms with Gasteiger partial charge in [-0.15, -0.1) is 0 Å². The predicted octanol–water partition coefficient (Wildman–Crippen LogP) is 9.49. The molecule has 0 spiro atoms. The molecular weight excluding hydrogens is 486 g/mol. The number of hydrogen-bond donors (Lipinski definition) is 0. The molecule has 8 rings (SSSR count). The van der Waals surface area contributed by atoms with E-state index in [2.05, 4.69) is 126 Å². The summed E-state index contributed by atoms with van der Waals surface area (Å²) in [4.78, 5) is 14.8. The van der Waals surface area contributed by atoms with Gasteiger partial charge in [-0.3, -0.25) is 4.98 Å². The zero-order valence-electron chi connectivity index (χ0n) is 21.6. The van der Waals surface area contributed by atoms with Crippen molar-refractivity contribution >= 4 is 43.6 Å². The maximum absolute atomic E-state index is 5.19. The van der Waals surface area contributed by atoms with Gasteiger partial charge in [0.05, 0.1) is 27.8 Å². The summed E-state index contributed by atoms with van der Waals surface area (Å²) in [6.07, 6.45) is 1.83. The fourth-order valence-corrected chi connectivity index (χ4v) is 5.70. The monoisotopic (exact) mass is 509 g/mol. The molecule has 186 valence electrons. The van der Waals surface area contributed by atoms with Crippen LogP contribution in [0.4, 0.5) is 0 Å². The Kier molecular flexibility index (Phi) is 5.14. The molecule has 0 saturated heterocycles. The first-order valence-corrected chi connectivity index (χ1v) is 13.5. The Labute approximate surface area is 231 Å². The van der Waals surface area contributed by atoms with Crippen molar-refractivity contribution in [3.8, 4) is 33.5 Å². The molecule has 3 heterocycles. The number of benzene rings is 5. The summed E-state index contributed by atoms with van der Waals surface area (Å²) in [5.41, 5.74) is 10.6. The SMILES string of the molecule is c1ccc(-c2c3ccccc3nc3c2ccc2ccc(-c4ccc(-c5ccc6ncccc6c5)cc4)nc23)cc1. The van der Waals surface area contributed by atoms with Gasteiger partial charge in [0, 0.05) is 38.9 Å². The summed E-state index contributed by atoms with van der Waals surface area (Å²) in [5, 5.41) is 4.49. The van der Waals surface area contributed by atoms with Crippen LogP contribution in [-0.2, 0) is 0 Å². The molecule has 0 aliphatic heterocycles. The van der Waals surface area contributed by atoms with E-state index in [0.717, 1.165) is 54.9 Å². The summed E-state index contributed by atoms with van der Waals surface area (Å²) in [7, 11) is 0. The summed E-state index contributed by atoms with van der Waals surface area (Å²) in [5.74, 6) is 0. The molecule has 8 aromatic rings. The maximum atomic E-state index is 5.19. The molecule has 3 nitrogen and oxygen atoms in total. The van der Waals surface area contributed by atoms with E-state index in [4.69, 9.17) is 9.97 Å². The van der Waals surface area contributed by atoms with Gasteiger partial charge in [-0.05, 0) is 47.0 Å². The number of pyridine rings is 3. The van der Waals surface area contributed by atoms with E-state index in [0.29, 0.717) is 0 Å². The number of para-hydroxylation sites is 1. The van der Waals surface area contributed by atoms with Crippen LogP contribution in [0.15, 0.2) is 140 Å². The minimum atomic E-state index is 0.920. The minimum Gasteiger partial charge on any atom is -0.256 e. The lowest BCUT2D eigenvalue weighted by atomic mass is 9.95. The molecule has 0 saturated carbocycles. The van der Waals surface area contributed by atoms with Crippen molar-refractivity contribution in [3.63, 3.8) is 0 Å². The summed E-state index contributed by atoms with van der Waals surface area (Å²) >= 11 is 0. The topological polar surface area (TPSA) is 38.7 Å². The van der Waals surface area contributed by atoms with Crippen molar-refractivity contribution in [1.29, 1.82) is 0 Å². The number of aromatic nitrogens is 3. The van der Waals surface area contributed by atoms with Gasteiger partial charge in [-0.25, -0.2) is 9.97 Å². The molecule has 0 atom stereocenters. The van der Waals surface area contributed by atoms with Crippen molar-refractivity contribution in [2.24, 2.45) is 0 Å². The first-order valence-electron chi connectivity index (χ1n) is 13.5. The molecule has 0 radical (unpaired) electrons. The molecule has 0 bridgehead atoms. The lowest BCUT2D eigenvalue weighted by Crippen LogP contribution is -1.93. The van der Waals surface area contributed by atoms with E-state index in [-0.39, 0.29) is 0 Å². The van der Waals surface area contributed by atoms with Crippen molar-refractivity contribution < 1.29 is 0 Å². The lowest BCUT2D eigenvalue weighted by Gasteiger charge is -2.13. The van der Waals surface area contributed by atoms with Crippen LogP contribution in [-0.4, -0.2) is 15.0 Å². The summed E-state index contributed by atoms with van der Waals surface area (Å²) in [6, 6.07) is 46.7. The fourth-order valence-electron chi connectivity index (χ4n) is 5.70. The van der Waals surface area contributed by atoms with Crippen LogP contribution in [0, 0.1) is 0 Å². The number of hydrogen-bond acceptors (Lipinski definition) is 3. The van der Waals surface area contributed by atoms with E-state index >= 15 is 0 Å². The van der Waals surface area contributed by atoms with Gasteiger partial charge < -0.3 is 0 Å². The third-order valence-electron chi connectivity index (χ3n) is 7.69. The normalized spacial score (nSPS) is 11.5. The van der Waals surface area contributed by atoms with Gasteiger partial charge in [0.25, 0.3) is 0 Å². The molecule has 0 unspecified atom stereocenters. The molecule has 0 aliphatic rings. The maximum Gasteiger partial charge on any atom is 0.0978 e. The zero-order chi connectivity index (χ0) is 26.5. The van der Waals surface area contributed by atoms with Crippen LogP contribution in [0.5, 0.6) is 0 Å². The van der Waals surface area contributed by atoms with Gasteiger partial charge >= 0.3 is 0 Å². The van der Waals surface area contributed by atoms with Crippen LogP contribution in [0.1, 0.15) is 0 Å². The Morgan fingerprint density at radius 2 is 1.18 bits per heavy atom. The van der Waals surface area contributed by atoms with Crippen LogP contribution < -0.4 is 0 Å². The standard InChI is InChI=1S/C37H23N3/c1-2-7-26(8-3-1)35-30-10-4-5-11-34(30)40-37-31(35)19-16-27-17-21-33(39-36(27)37)25-14-12-24(13-15-25)28-18-20-32-29(23-28)9-6-22-38-32/h1-23H. The highest BCUT2D eigenvalue weighted by Crippen LogP contribution is 2.37. The van der Waals surface area contributed by atoms with Gasteiger partial charge in [-0.2, -0.15) is 0 Å². The summed E-state index contributed by atoms with van der Waals surface area (Å²) < 4.78 is 0. The highest BCUT2D eigenvalue weighted by Gasteiger charge is 2.14. The first-order chi connectivity index (χ1) is 19.8. The zero-order valence-corrected chi connectivity index (χ0v) is 21.6. The van der Waals surface area contributed by atoms with E-state index in [1.54, 1.807) is 0 Å². The van der Waals surface area contributed by atoms with E-state index in [9.17, 15) is 0 Å². The highest BCUT2D eigenvalue weighted by molar-refractivity contribution is 6.16. The third kappa shape index (κ3) is 3.71. The number of nitrogens with zero attached hydrogens (tertiary/aromatic N) is 3. The van der Waals surface area contributed by atoms with Crippen molar-refractivity contribution in [2.75, 3.05) is 0 Å². The predicted molar refractivity (Wildman–Crippen MR) is 166 cm³/mol. The second-order valence-electron chi connectivity index (χ2n) is 10.1.